The lowest BCUT2D eigenvalue weighted by Crippen LogP contribution is -2.59. The molecule has 1 heterocycles. The molecule has 4 heteroatoms. The first-order chi connectivity index (χ1) is 12.3. The van der Waals surface area contributed by atoms with E-state index in [-0.39, 0.29) is 18.7 Å². The van der Waals surface area contributed by atoms with Gasteiger partial charge in [0.25, 0.3) is 0 Å². The summed E-state index contributed by atoms with van der Waals surface area (Å²) in [6.45, 7) is 1.17. The van der Waals surface area contributed by atoms with E-state index >= 15 is 0 Å². The van der Waals surface area contributed by atoms with Crippen molar-refractivity contribution in [2.24, 2.45) is 11.8 Å². The summed E-state index contributed by atoms with van der Waals surface area (Å²) in [4.78, 5) is 11.6. The van der Waals surface area contributed by atoms with Crippen LogP contribution < -0.4 is 10.1 Å². The van der Waals surface area contributed by atoms with Gasteiger partial charge in [-0.1, -0.05) is 18.9 Å². The van der Waals surface area contributed by atoms with Crippen molar-refractivity contribution in [3.8, 4) is 5.75 Å². The molecule has 1 N–H and O–H groups in total. The van der Waals surface area contributed by atoms with E-state index in [4.69, 9.17) is 9.47 Å². The van der Waals surface area contributed by atoms with E-state index in [0.717, 1.165) is 37.5 Å². The van der Waals surface area contributed by atoms with Crippen LogP contribution in [0.4, 0.5) is 0 Å². The summed E-state index contributed by atoms with van der Waals surface area (Å²) in [6, 6.07) is 7.17. The summed E-state index contributed by atoms with van der Waals surface area (Å²) < 4.78 is 11.0. The first-order valence-electron chi connectivity index (χ1n) is 9.92. The number of benzene rings is 1. The third kappa shape index (κ3) is 2.66. The van der Waals surface area contributed by atoms with Gasteiger partial charge in [0, 0.05) is 11.5 Å². The largest absolute Gasteiger partial charge is 0.457 e. The number of piperidine rings is 1. The van der Waals surface area contributed by atoms with Gasteiger partial charge in [0.05, 0.1) is 5.92 Å². The minimum Gasteiger partial charge on any atom is -0.457 e. The van der Waals surface area contributed by atoms with Gasteiger partial charge in [0.15, 0.2) is 0 Å². The van der Waals surface area contributed by atoms with Crippen molar-refractivity contribution in [2.45, 2.75) is 62.8 Å². The number of fused-ring (bicyclic) bond motifs is 1. The molecule has 0 unspecified atom stereocenters. The predicted molar refractivity (Wildman–Crippen MR) is 94.5 cm³/mol. The Morgan fingerprint density at radius 2 is 2.12 bits per heavy atom. The normalized spacial score (nSPS) is 33.1. The molecule has 4 nitrogen and oxygen atoms in total. The maximum absolute atomic E-state index is 11.6. The zero-order valence-electron chi connectivity index (χ0n) is 14.8. The second kappa shape index (κ2) is 6.01. The number of hydrogen-bond donors (Lipinski definition) is 1. The molecule has 0 spiro atoms. The molecular weight excluding hydrogens is 314 g/mol. The van der Waals surface area contributed by atoms with Crippen LogP contribution in [0.15, 0.2) is 18.2 Å². The monoisotopic (exact) mass is 341 g/mol. The Morgan fingerprint density at radius 1 is 1.20 bits per heavy atom. The number of rotatable bonds is 4. The fraction of sp³-hybridized carbons (Fsp3) is 0.667. The van der Waals surface area contributed by atoms with Gasteiger partial charge in [-0.3, -0.25) is 4.79 Å². The van der Waals surface area contributed by atoms with Crippen molar-refractivity contribution in [2.75, 3.05) is 13.3 Å². The van der Waals surface area contributed by atoms with Crippen LogP contribution in [0.1, 0.15) is 56.1 Å². The second-order valence-corrected chi connectivity index (χ2v) is 8.34. The van der Waals surface area contributed by atoms with Gasteiger partial charge in [-0.25, -0.2) is 0 Å². The van der Waals surface area contributed by atoms with Crippen LogP contribution >= 0.6 is 0 Å². The number of carbonyl (C=O) groups is 1. The Kier molecular flexibility index (Phi) is 3.77. The van der Waals surface area contributed by atoms with Crippen molar-refractivity contribution in [3.05, 3.63) is 29.3 Å². The minimum absolute atomic E-state index is 0.0364. The summed E-state index contributed by atoms with van der Waals surface area (Å²) in [5, 5.41) is 3.77. The summed E-state index contributed by atoms with van der Waals surface area (Å²) in [5.74, 6) is 1.63. The van der Waals surface area contributed by atoms with Gasteiger partial charge in [0.2, 0.25) is 6.79 Å². The van der Waals surface area contributed by atoms with Crippen molar-refractivity contribution < 1.29 is 14.3 Å². The van der Waals surface area contributed by atoms with E-state index < -0.39 is 0 Å². The summed E-state index contributed by atoms with van der Waals surface area (Å²) in [6.07, 6.45) is 9.68. The van der Waals surface area contributed by atoms with E-state index in [1.54, 1.807) is 0 Å². The van der Waals surface area contributed by atoms with Gasteiger partial charge in [-0.15, -0.1) is 0 Å². The Labute approximate surface area is 149 Å². The zero-order chi connectivity index (χ0) is 16.9. The molecule has 3 aliphatic carbocycles. The summed E-state index contributed by atoms with van der Waals surface area (Å²) in [7, 11) is 0. The van der Waals surface area contributed by atoms with Crippen LogP contribution in [0.25, 0.3) is 0 Å². The molecule has 1 aliphatic heterocycles. The van der Waals surface area contributed by atoms with Gasteiger partial charge < -0.3 is 14.8 Å². The zero-order valence-corrected chi connectivity index (χ0v) is 14.8. The first kappa shape index (κ1) is 15.7. The van der Waals surface area contributed by atoms with Crippen LogP contribution in [0.2, 0.25) is 0 Å². The maximum Gasteiger partial charge on any atom is 0.311 e. The lowest BCUT2D eigenvalue weighted by molar-refractivity contribution is -0.151. The summed E-state index contributed by atoms with van der Waals surface area (Å²) >= 11 is 0. The lowest BCUT2D eigenvalue weighted by Gasteiger charge is -2.56. The number of ether oxygens (including phenoxy) is 2. The van der Waals surface area contributed by atoms with E-state index in [0.29, 0.717) is 11.5 Å². The Morgan fingerprint density at radius 3 is 3.00 bits per heavy atom. The molecule has 0 amide bonds. The van der Waals surface area contributed by atoms with E-state index in [1.807, 2.05) is 6.07 Å². The fourth-order valence-corrected chi connectivity index (χ4v) is 5.59. The van der Waals surface area contributed by atoms with Gasteiger partial charge in [-0.05, 0) is 74.2 Å². The highest BCUT2D eigenvalue weighted by Crippen LogP contribution is 2.54. The molecule has 1 aromatic rings. The first-order valence-corrected chi connectivity index (χ1v) is 9.92. The Bertz CT molecular complexity index is 680. The fourth-order valence-electron chi connectivity index (χ4n) is 5.59. The van der Waals surface area contributed by atoms with Crippen molar-refractivity contribution in [1.29, 1.82) is 0 Å². The molecule has 0 radical (unpaired) electrons. The smallest absolute Gasteiger partial charge is 0.311 e. The highest BCUT2D eigenvalue weighted by Gasteiger charge is 2.51. The number of carbonyl (C=O) groups excluding carboxylic acids is 1. The van der Waals surface area contributed by atoms with Gasteiger partial charge in [0.1, 0.15) is 5.75 Å². The average Bonchev–Trinajstić information content (AvgIpc) is 3.47. The molecule has 134 valence electrons. The minimum atomic E-state index is -0.106. The van der Waals surface area contributed by atoms with Crippen LogP contribution in [0, 0.1) is 11.8 Å². The molecule has 2 saturated carbocycles. The molecule has 1 saturated heterocycles. The third-order valence-corrected chi connectivity index (χ3v) is 6.96. The van der Waals surface area contributed by atoms with E-state index in [9.17, 15) is 4.79 Å². The Balaban J connectivity index is 1.38. The van der Waals surface area contributed by atoms with E-state index in [1.165, 1.54) is 43.2 Å². The number of esters is 1. The third-order valence-electron chi connectivity index (χ3n) is 6.96. The van der Waals surface area contributed by atoms with Gasteiger partial charge >= 0.3 is 5.97 Å². The molecule has 3 atom stereocenters. The molecular formula is C21H27NO3. The van der Waals surface area contributed by atoms with Crippen LogP contribution in [-0.2, 0) is 21.4 Å². The molecule has 4 aliphatic rings. The molecule has 3 fully saturated rings. The van der Waals surface area contributed by atoms with Gasteiger partial charge in [-0.2, -0.15) is 0 Å². The lowest BCUT2D eigenvalue weighted by atomic mass is 9.53. The Hall–Kier alpha value is -1.55. The molecule has 0 aromatic heterocycles. The number of hydrogen-bond acceptors (Lipinski definition) is 4. The molecule has 1 aromatic carbocycles. The standard InChI is InChI=1S/C21H27NO3/c23-20(14-4-5-14)25-13-24-16-7-6-15-11-19-17-3-1-2-8-21(17,9-10-22-19)18(15)12-16/h6-7,12,14,17,19,22H,1-5,8-11,13H2/t17-,19+,21-/m1/s1. The maximum atomic E-state index is 11.6. The highest BCUT2D eigenvalue weighted by atomic mass is 16.7. The summed E-state index contributed by atoms with van der Waals surface area (Å²) in [5.41, 5.74) is 3.34. The van der Waals surface area contributed by atoms with Crippen molar-refractivity contribution in [3.63, 3.8) is 0 Å². The SMILES string of the molecule is O=C(OCOc1ccc2c(c1)[C@@]13CCCC[C@@H]1[C@H](C2)NCC3)C1CC1. The topological polar surface area (TPSA) is 47.6 Å². The molecule has 2 bridgehead atoms. The van der Waals surface area contributed by atoms with Crippen molar-refractivity contribution in [1.82, 2.24) is 5.32 Å². The van der Waals surface area contributed by atoms with Crippen molar-refractivity contribution >= 4 is 5.97 Å². The van der Waals surface area contributed by atoms with Crippen LogP contribution in [0.5, 0.6) is 5.75 Å². The number of nitrogens with one attached hydrogen (secondary N) is 1. The predicted octanol–water partition coefficient (Wildman–Crippen LogP) is 3.32. The van der Waals surface area contributed by atoms with Crippen LogP contribution in [0.3, 0.4) is 0 Å². The second-order valence-electron chi connectivity index (χ2n) is 8.34. The average molecular weight is 341 g/mol. The highest BCUT2D eigenvalue weighted by molar-refractivity contribution is 5.74. The van der Waals surface area contributed by atoms with Crippen LogP contribution in [-0.4, -0.2) is 25.3 Å². The quantitative estimate of drug-likeness (QED) is 0.674. The molecule has 25 heavy (non-hydrogen) atoms. The molecule has 5 rings (SSSR count). The van der Waals surface area contributed by atoms with E-state index in [2.05, 4.69) is 17.4 Å².